The Morgan fingerprint density at radius 1 is 1.44 bits per heavy atom. The number of nitrogens with zero attached hydrogens (tertiary/aromatic N) is 2. The van der Waals surface area contributed by atoms with Crippen molar-refractivity contribution >= 4 is 45.8 Å². The van der Waals surface area contributed by atoms with Crippen LogP contribution in [0.15, 0.2) is 22.7 Å². The molecule has 1 saturated heterocycles. The van der Waals surface area contributed by atoms with Crippen LogP contribution in [0.25, 0.3) is 0 Å². The molecule has 2 N–H and O–H groups in total. The van der Waals surface area contributed by atoms with Crippen molar-refractivity contribution in [2.45, 2.75) is 38.3 Å². The van der Waals surface area contributed by atoms with Crippen LogP contribution in [0.4, 0.5) is 5.69 Å². The number of carbonyl (C=O) groups excluding carboxylic acids is 2. The largest absolute Gasteiger partial charge is 0.482 e. The number of hydrogen-bond donors (Lipinski definition) is 1. The molecule has 0 aliphatic carbocycles. The predicted molar refractivity (Wildman–Crippen MR) is 102 cm³/mol. The first-order valence-corrected chi connectivity index (χ1v) is 9.04. The summed E-state index contributed by atoms with van der Waals surface area (Å²) in [5, 5.41) is 0. The van der Waals surface area contributed by atoms with Crippen molar-refractivity contribution in [3.8, 4) is 5.75 Å². The van der Waals surface area contributed by atoms with E-state index in [1.54, 1.807) is 6.07 Å². The monoisotopic (exact) mass is 431 g/mol. The van der Waals surface area contributed by atoms with Crippen molar-refractivity contribution in [3.05, 3.63) is 22.7 Å². The summed E-state index contributed by atoms with van der Waals surface area (Å²) in [7, 11) is 0. The second kappa shape index (κ2) is 8.38. The van der Waals surface area contributed by atoms with Crippen molar-refractivity contribution in [3.63, 3.8) is 0 Å². The molecule has 2 aliphatic heterocycles. The van der Waals surface area contributed by atoms with Crippen LogP contribution in [0.2, 0.25) is 0 Å². The number of nitrogens with two attached hydrogens (primary N) is 1. The number of fused-ring (bicyclic) bond motifs is 1. The van der Waals surface area contributed by atoms with Crippen molar-refractivity contribution in [1.29, 1.82) is 0 Å². The average Bonchev–Trinajstić information content (AvgIpc) is 2.57. The van der Waals surface area contributed by atoms with Crippen LogP contribution in [0.5, 0.6) is 5.75 Å². The van der Waals surface area contributed by atoms with Crippen LogP contribution >= 0.6 is 28.3 Å². The molecular formula is C17H23BrClN3O3. The molecule has 0 aromatic heterocycles. The molecule has 25 heavy (non-hydrogen) atoms. The minimum atomic E-state index is -0.201. The molecule has 1 aromatic rings. The molecular weight excluding hydrogens is 410 g/mol. The number of halogens is 2. The third-order valence-electron chi connectivity index (χ3n) is 4.63. The van der Waals surface area contributed by atoms with Gasteiger partial charge >= 0.3 is 0 Å². The van der Waals surface area contributed by atoms with E-state index in [1.165, 1.54) is 4.90 Å². The lowest BCUT2D eigenvalue weighted by molar-refractivity contribution is -0.135. The van der Waals surface area contributed by atoms with Crippen LogP contribution in [0.1, 0.15) is 26.2 Å². The Bertz CT molecular complexity index is 656. The average molecular weight is 433 g/mol. The number of benzene rings is 1. The molecule has 8 heteroatoms. The molecule has 3 rings (SSSR count). The van der Waals surface area contributed by atoms with Gasteiger partial charge in [-0.15, -0.1) is 12.4 Å². The van der Waals surface area contributed by atoms with Gasteiger partial charge in [-0.3, -0.25) is 14.5 Å². The second-order valence-corrected chi connectivity index (χ2v) is 7.31. The molecule has 1 aromatic carbocycles. The van der Waals surface area contributed by atoms with Crippen LogP contribution in [-0.4, -0.2) is 48.5 Å². The quantitative estimate of drug-likeness (QED) is 0.795. The summed E-state index contributed by atoms with van der Waals surface area (Å²) in [6, 6.07) is 5.42. The summed E-state index contributed by atoms with van der Waals surface area (Å²) in [5.41, 5.74) is 6.69. The molecule has 2 atom stereocenters. The lowest BCUT2D eigenvalue weighted by Gasteiger charge is -2.39. The van der Waals surface area contributed by atoms with Crippen molar-refractivity contribution in [2.75, 3.05) is 24.6 Å². The lowest BCUT2D eigenvalue weighted by atomic mass is 9.97. The Hall–Kier alpha value is -1.31. The topological polar surface area (TPSA) is 75.9 Å². The summed E-state index contributed by atoms with van der Waals surface area (Å²) >= 11 is 3.39. The summed E-state index contributed by atoms with van der Waals surface area (Å²) in [4.78, 5) is 28.5. The number of carbonyl (C=O) groups is 2. The van der Waals surface area contributed by atoms with Crippen molar-refractivity contribution in [1.82, 2.24) is 4.90 Å². The fourth-order valence-corrected chi connectivity index (χ4v) is 3.73. The third kappa shape index (κ3) is 4.27. The van der Waals surface area contributed by atoms with Gasteiger partial charge in [0.25, 0.3) is 5.91 Å². The highest BCUT2D eigenvalue weighted by molar-refractivity contribution is 9.10. The van der Waals surface area contributed by atoms with Gasteiger partial charge in [-0.2, -0.15) is 0 Å². The molecule has 0 saturated carbocycles. The number of rotatable bonds is 3. The van der Waals surface area contributed by atoms with E-state index in [-0.39, 0.29) is 49.5 Å². The van der Waals surface area contributed by atoms with Gasteiger partial charge in [0.1, 0.15) is 12.3 Å². The predicted octanol–water partition coefficient (Wildman–Crippen LogP) is 2.32. The van der Waals surface area contributed by atoms with Gasteiger partial charge in [-0.1, -0.05) is 15.9 Å². The maximum atomic E-state index is 12.8. The van der Waals surface area contributed by atoms with Crippen LogP contribution in [0, 0.1) is 0 Å². The second-order valence-electron chi connectivity index (χ2n) is 6.39. The smallest absolute Gasteiger partial charge is 0.265 e. The number of amides is 2. The molecule has 0 bridgehead atoms. The van der Waals surface area contributed by atoms with E-state index < -0.39 is 0 Å². The third-order valence-corrected chi connectivity index (χ3v) is 5.13. The van der Waals surface area contributed by atoms with Crippen LogP contribution in [0.3, 0.4) is 0 Å². The van der Waals surface area contributed by atoms with Crippen molar-refractivity contribution < 1.29 is 14.3 Å². The Balaban J connectivity index is 0.00000225. The Morgan fingerprint density at radius 3 is 2.92 bits per heavy atom. The van der Waals surface area contributed by atoms with Gasteiger partial charge in [0.2, 0.25) is 5.91 Å². The molecule has 1 fully saturated rings. The molecule has 0 radical (unpaired) electrons. The van der Waals surface area contributed by atoms with Crippen LogP contribution in [-0.2, 0) is 9.59 Å². The van der Waals surface area contributed by atoms with Gasteiger partial charge in [0.15, 0.2) is 6.61 Å². The number of piperidine rings is 1. The first-order chi connectivity index (χ1) is 11.5. The minimum absolute atomic E-state index is 0. The molecule has 2 heterocycles. The summed E-state index contributed by atoms with van der Waals surface area (Å²) < 4.78 is 6.34. The zero-order chi connectivity index (χ0) is 17.3. The SMILES string of the molecule is CC(N)C1CCCCN1C(=O)CN1C(=O)COc2cc(Br)ccc21.Cl. The molecule has 0 spiro atoms. The van der Waals surface area contributed by atoms with Crippen LogP contribution < -0.4 is 15.4 Å². The minimum Gasteiger partial charge on any atom is -0.482 e. The zero-order valence-electron chi connectivity index (χ0n) is 14.1. The van der Waals surface area contributed by atoms with E-state index in [2.05, 4.69) is 15.9 Å². The van der Waals surface area contributed by atoms with E-state index in [0.29, 0.717) is 18.0 Å². The number of hydrogen-bond acceptors (Lipinski definition) is 4. The summed E-state index contributed by atoms with van der Waals surface area (Å²) in [5.74, 6) is 0.354. The van der Waals surface area contributed by atoms with Gasteiger partial charge in [0, 0.05) is 23.1 Å². The normalized spacial score (nSPS) is 21.1. The fraction of sp³-hybridized carbons (Fsp3) is 0.529. The first-order valence-electron chi connectivity index (χ1n) is 8.25. The van der Waals surface area contributed by atoms with Gasteiger partial charge in [-0.05, 0) is 44.4 Å². The molecule has 2 unspecified atom stereocenters. The van der Waals surface area contributed by atoms with E-state index in [4.69, 9.17) is 10.5 Å². The maximum absolute atomic E-state index is 12.8. The number of ether oxygens (including phenoxy) is 1. The van der Waals surface area contributed by atoms with Crippen molar-refractivity contribution in [2.24, 2.45) is 5.73 Å². The van der Waals surface area contributed by atoms with E-state index in [0.717, 1.165) is 23.7 Å². The summed E-state index contributed by atoms with van der Waals surface area (Å²) in [6.45, 7) is 2.62. The highest BCUT2D eigenvalue weighted by atomic mass is 79.9. The standard InChI is InChI=1S/C17H22BrN3O3.ClH/c1-11(19)13-4-2-3-7-20(13)16(22)9-21-14-6-5-12(18)8-15(14)24-10-17(21)23;/h5-6,8,11,13H,2-4,7,9-10,19H2,1H3;1H. The highest BCUT2D eigenvalue weighted by Crippen LogP contribution is 2.34. The Kier molecular flexibility index (Phi) is 6.71. The number of anilines is 1. The van der Waals surface area contributed by atoms with Gasteiger partial charge < -0.3 is 15.4 Å². The highest BCUT2D eigenvalue weighted by Gasteiger charge is 2.33. The molecule has 138 valence electrons. The Morgan fingerprint density at radius 2 is 2.20 bits per heavy atom. The number of likely N-dealkylation sites (tertiary alicyclic amines) is 1. The van der Waals surface area contributed by atoms with Gasteiger partial charge in [-0.25, -0.2) is 0 Å². The Labute approximate surface area is 162 Å². The van der Waals surface area contributed by atoms with Gasteiger partial charge in [0.05, 0.1) is 5.69 Å². The maximum Gasteiger partial charge on any atom is 0.265 e. The van der Waals surface area contributed by atoms with E-state index in [9.17, 15) is 9.59 Å². The summed E-state index contributed by atoms with van der Waals surface area (Å²) in [6.07, 6.45) is 2.99. The molecule has 6 nitrogen and oxygen atoms in total. The zero-order valence-corrected chi connectivity index (χ0v) is 16.5. The fourth-order valence-electron chi connectivity index (χ4n) is 3.39. The lowest BCUT2D eigenvalue weighted by Crippen LogP contribution is -2.55. The van der Waals surface area contributed by atoms with E-state index in [1.807, 2.05) is 24.0 Å². The first kappa shape index (κ1) is 20.0. The van der Waals surface area contributed by atoms with E-state index >= 15 is 0 Å². The molecule has 2 aliphatic rings. The molecule has 2 amide bonds.